The number of carbonyl (C=O) groups is 1. The van der Waals surface area contributed by atoms with Gasteiger partial charge in [0.25, 0.3) is 0 Å². The van der Waals surface area contributed by atoms with E-state index in [2.05, 4.69) is 15.3 Å². The molecule has 2 aliphatic heterocycles. The molecule has 1 saturated carbocycles. The molecule has 0 unspecified atom stereocenters. The Bertz CT molecular complexity index is 990. The molecule has 2 fully saturated rings. The van der Waals surface area contributed by atoms with Gasteiger partial charge in [-0.3, -0.25) is 4.90 Å². The highest BCUT2D eigenvalue weighted by Gasteiger charge is 2.44. The van der Waals surface area contributed by atoms with Crippen LogP contribution in [0.4, 0.5) is 20.6 Å². The summed E-state index contributed by atoms with van der Waals surface area (Å²) in [5.41, 5.74) is 12.1. The number of para-hydroxylation sites is 1. The van der Waals surface area contributed by atoms with Gasteiger partial charge in [0, 0.05) is 19.6 Å². The molecule has 35 heavy (non-hydrogen) atoms. The van der Waals surface area contributed by atoms with Crippen LogP contribution in [0.15, 0.2) is 28.2 Å². The summed E-state index contributed by atoms with van der Waals surface area (Å²) in [6.07, 6.45) is 5.92. The molecule has 9 nitrogen and oxygen atoms in total. The molecule has 3 aliphatic rings. The third kappa shape index (κ3) is 5.62. The lowest BCUT2D eigenvalue weighted by Crippen LogP contribution is -2.58. The Morgan fingerprint density at radius 2 is 1.89 bits per heavy atom. The molecular formula is C25H38FN7O2. The number of halogens is 1. The summed E-state index contributed by atoms with van der Waals surface area (Å²) in [6, 6.07) is 4.99. The number of rotatable bonds is 4. The van der Waals surface area contributed by atoms with Crippen LogP contribution < -0.4 is 21.7 Å². The number of piperidine rings is 1. The van der Waals surface area contributed by atoms with Crippen molar-refractivity contribution in [2.75, 3.05) is 29.9 Å². The fraction of sp³-hybridized carbons (Fsp3) is 0.640. The molecule has 0 bridgehead atoms. The number of benzene rings is 1. The standard InChI is InChI=1S/C25H38FN7O2/c1-24(2,3)35-23(34)32-14-10-17(11-15-32)16-29-19-9-7-8-18(26)20(19)33-22(28)30-21(27)31-25(33)12-5-4-6-13-25/h7-9,17,29H,4-6,10-16H2,1-3H3,(H4,27,28,30,31). The molecule has 1 aromatic carbocycles. The number of hydrogen-bond acceptors (Lipinski definition) is 8. The minimum absolute atomic E-state index is 0.142. The molecule has 1 saturated heterocycles. The van der Waals surface area contributed by atoms with E-state index in [1.54, 1.807) is 15.9 Å². The lowest BCUT2D eigenvalue weighted by atomic mass is 9.87. The average molecular weight is 488 g/mol. The molecular weight excluding hydrogens is 449 g/mol. The van der Waals surface area contributed by atoms with E-state index in [4.69, 9.17) is 16.2 Å². The highest BCUT2D eigenvalue weighted by Crippen LogP contribution is 2.43. The van der Waals surface area contributed by atoms with Gasteiger partial charge in [0.2, 0.25) is 11.9 Å². The summed E-state index contributed by atoms with van der Waals surface area (Å²) in [5, 5.41) is 3.45. The number of aliphatic imine (C=N–C) groups is 2. The monoisotopic (exact) mass is 487 g/mol. The highest BCUT2D eigenvalue weighted by molar-refractivity contribution is 6.07. The number of anilines is 2. The van der Waals surface area contributed by atoms with Crippen molar-refractivity contribution >= 4 is 29.4 Å². The number of nitrogens with two attached hydrogens (primary N) is 2. The number of amides is 1. The van der Waals surface area contributed by atoms with Crippen LogP contribution in [0.5, 0.6) is 0 Å². The normalized spacial score (nSPS) is 20.9. The van der Waals surface area contributed by atoms with E-state index in [-0.39, 0.29) is 23.8 Å². The molecule has 2 heterocycles. The summed E-state index contributed by atoms with van der Waals surface area (Å²) in [6.45, 7) is 7.54. The van der Waals surface area contributed by atoms with E-state index in [0.29, 0.717) is 36.9 Å². The summed E-state index contributed by atoms with van der Waals surface area (Å²) in [7, 11) is 0. The van der Waals surface area contributed by atoms with Gasteiger partial charge in [-0.25, -0.2) is 14.2 Å². The molecule has 10 heteroatoms. The Kier molecular flexibility index (Phi) is 7.10. The molecule has 1 amide bonds. The van der Waals surface area contributed by atoms with Gasteiger partial charge in [-0.2, -0.15) is 4.99 Å². The maximum Gasteiger partial charge on any atom is 0.410 e. The Labute approximate surface area is 206 Å². The van der Waals surface area contributed by atoms with Crippen molar-refractivity contribution in [2.45, 2.75) is 77.0 Å². The van der Waals surface area contributed by atoms with Crippen molar-refractivity contribution in [3.63, 3.8) is 0 Å². The van der Waals surface area contributed by atoms with Crippen molar-refractivity contribution in [2.24, 2.45) is 27.4 Å². The molecule has 0 atom stereocenters. The van der Waals surface area contributed by atoms with Crippen LogP contribution >= 0.6 is 0 Å². The van der Waals surface area contributed by atoms with Gasteiger partial charge in [0.1, 0.15) is 22.8 Å². The fourth-order valence-electron chi connectivity index (χ4n) is 5.23. The predicted molar refractivity (Wildman–Crippen MR) is 137 cm³/mol. The topological polar surface area (TPSA) is 122 Å². The SMILES string of the molecule is CC(C)(C)OC(=O)N1CCC(CNc2cccc(F)c2N2C(N)=NC(N)=NC23CCCCC3)CC1. The van der Waals surface area contributed by atoms with E-state index in [1.807, 2.05) is 26.8 Å². The smallest absolute Gasteiger partial charge is 0.410 e. The first kappa shape index (κ1) is 25.1. The number of likely N-dealkylation sites (tertiary alicyclic amines) is 1. The Hall–Kier alpha value is -3.04. The lowest BCUT2D eigenvalue weighted by molar-refractivity contribution is 0.0188. The van der Waals surface area contributed by atoms with E-state index in [9.17, 15) is 4.79 Å². The molecule has 0 radical (unpaired) electrons. The largest absolute Gasteiger partial charge is 0.444 e. The predicted octanol–water partition coefficient (Wildman–Crippen LogP) is 3.99. The second kappa shape index (κ2) is 9.91. The zero-order valence-electron chi connectivity index (χ0n) is 21.0. The quantitative estimate of drug-likeness (QED) is 0.590. The van der Waals surface area contributed by atoms with Gasteiger partial charge < -0.3 is 26.4 Å². The fourth-order valence-corrected chi connectivity index (χ4v) is 5.23. The van der Waals surface area contributed by atoms with Crippen molar-refractivity contribution in [3.05, 3.63) is 24.0 Å². The number of nitrogens with one attached hydrogen (secondary N) is 1. The second-order valence-corrected chi connectivity index (χ2v) is 10.7. The zero-order chi connectivity index (χ0) is 25.2. The number of guanidine groups is 2. The molecule has 4 rings (SSSR count). The van der Waals surface area contributed by atoms with Gasteiger partial charge >= 0.3 is 6.09 Å². The summed E-state index contributed by atoms with van der Waals surface area (Å²) < 4.78 is 20.8. The summed E-state index contributed by atoms with van der Waals surface area (Å²) in [4.78, 5) is 24.7. The number of nitrogens with zero attached hydrogens (tertiary/aromatic N) is 4. The van der Waals surface area contributed by atoms with E-state index >= 15 is 4.39 Å². The molecule has 1 aromatic rings. The third-order valence-corrected chi connectivity index (χ3v) is 6.91. The average Bonchev–Trinajstić information content (AvgIpc) is 2.78. The number of hydrogen-bond donors (Lipinski definition) is 3. The second-order valence-electron chi connectivity index (χ2n) is 10.7. The number of carbonyl (C=O) groups excluding carboxylic acids is 1. The zero-order valence-corrected chi connectivity index (χ0v) is 21.0. The first-order valence-corrected chi connectivity index (χ1v) is 12.6. The Morgan fingerprint density at radius 1 is 1.20 bits per heavy atom. The minimum Gasteiger partial charge on any atom is -0.444 e. The van der Waals surface area contributed by atoms with Gasteiger partial charge in [-0.15, -0.1) is 0 Å². The van der Waals surface area contributed by atoms with Crippen LogP contribution in [0.25, 0.3) is 0 Å². The molecule has 1 aliphatic carbocycles. The molecule has 0 aromatic heterocycles. The van der Waals surface area contributed by atoms with Crippen LogP contribution in [0.3, 0.4) is 0 Å². The van der Waals surface area contributed by atoms with Crippen LogP contribution in [0.1, 0.15) is 65.7 Å². The summed E-state index contributed by atoms with van der Waals surface area (Å²) in [5.74, 6) is 0.268. The van der Waals surface area contributed by atoms with Gasteiger partial charge in [0.05, 0.1) is 5.69 Å². The minimum atomic E-state index is -0.717. The van der Waals surface area contributed by atoms with Crippen LogP contribution in [0, 0.1) is 11.7 Å². The van der Waals surface area contributed by atoms with E-state index < -0.39 is 11.3 Å². The van der Waals surface area contributed by atoms with E-state index in [0.717, 1.165) is 44.9 Å². The van der Waals surface area contributed by atoms with Crippen LogP contribution in [-0.2, 0) is 4.74 Å². The van der Waals surface area contributed by atoms with E-state index in [1.165, 1.54) is 6.07 Å². The van der Waals surface area contributed by atoms with Crippen LogP contribution in [-0.4, -0.2) is 53.8 Å². The Balaban J connectivity index is 1.47. The maximum absolute atomic E-state index is 15.4. The Morgan fingerprint density at radius 3 is 2.54 bits per heavy atom. The van der Waals surface area contributed by atoms with Crippen LogP contribution in [0.2, 0.25) is 0 Å². The molecule has 5 N–H and O–H groups in total. The summed E-state index contributed by atoms with van der Waals surface area (Å²) >= 11 is 0. The van der Waals surface area contributed by atoms with Crippen molar-refractivity contribution in [1.29, 1.82) is 0 Å². The first-order chi connectivity index (χ1) is 16.6. The number of ether oxygens (including phenoxy) is 1. The van der Waals surface area contributed by atoms with Gasteiger partial charge in [-0.1, -0.05) is 12.5 Å². The maximum atomic E-state index is 15.4. The first-order valence-electron chi connectivity index (χ1n) is 12.6. The van der Waals surface area contributed by atoms with Gasteiger partial charge in [-0.05, 0) is 77.3 Å². The third-order valence-electron chi connectivity index (χ3n) is 6.91. The molecule has 1 spiro atoms. The van der Waals surface area contributed by atoms with Crippen molar-refractivity contribution in [3.8, 4) is 0 Å². The highest BCUT2D eigenvalue weighted by atomic mass is 19.1. The van der Waals surface area contributed by atoms with Crippen molar-refractivity contribution in [1.82, 2.24) is 4.90 Å². The van der Waals surface area contributed by atoms with Gasteiger partial charge in [0.15, 0.2) is 0 Å². The molecule has 192 valence electrons. The van der Waals surface area contributed by atoms with Crippen molar-refractivity contribution < 1.29 is 13.9 Å². The lowest BCUT2D eigenvalue weighted by Gasteiger charge is -2.46.